The molecule has 25 heavy (non-hydrogen) atoms. The van der Waals surface area contributed by atoms with E-state index in [1.165, 1.54) is 12.1 Å². The molecule has 1 aliphatic heterocycles. The fourth-order valence-electron chi connectivity index (χ4n) is 3.03. The lowest BCUT2D eigenvalue weighted by Gasteiger charge is -2.36. The molecule has 0 N–H and O–H groups in total. The summed E-state index contributed by atoms with van der Waals surface area (Å²) in [5.41, 5.74) is 0.228. The number of aromatic nitrogens is 1. The highest BCUT2D eigenvalue weighted by atomic mass is 19.4. The first-order chi connectivity index (χ1) is 12.0. The smallest absolute Gasteiger partial charge is 0.353 e. The Morgan fingerprint density at radius 2 is 1.76 bits per heavy atom. The second kappa shape index (κ2) is 7.11. The van der Waals surface area contributed by atoms with Crippen LogP contribution in [0.25, 0.3) is 0 Å². The molecule has 0 atom stereocenters. The molecule has 1 aromatic carbocycles. The fraction of sp³-hybridized carbons (Fsp3) is 0.333. The molecule has 3 rings (SSSR count). The molecule has 0 spiro atoms. The SMILES string of the molecule is N#Cc1cccnc1N1CCN(Cc2ccccc2C(F)(F)F)CC1. The maximum absolute atomic E-state index is 13.1. The Morgan fingerprint density at radius 1 is 1.04 bits per heavy atom. The number of nitriles is 1. The first kappa shape index (κ1) is 17.2. The second-order valence-corrected chi connectivity index (χ2v) is 5.90. The Hall–Kier alpha value is -2.59. The van der Waals surface area contributed by atoms with E-state index in [2.05, 4.69) is 11.1 Å². The molecule has 1 aliphatic rings. The van der Waals surface area contributed by atoms with E-state index in [4.69, 9.17) is 5.26 Å². The van der Waals surface area contributed by atoms with Crippen LogP contribution >= 0.6 is 0 Å². The molecule has 0 radical (unpaired) electrons. The number of alkyl halides is 3. The van der Waals surface area contributed by atoms with E-state index < -0.39 is 11.7 Å². The highest BCUT2D eigenvalue weighted by Gasteiger charge is 2.33. The van der Waals surface area contributed by atoms with Crippen molar-refractivity contribution < 1.29 is 13.2 Å². The summed E-state index contributed by atoms with van der Waals surface area (Å²) in [6.45, 7) is 2.75. The van der Waals surface area contributed by atoms with E-state index >= 15 is 0 Å². The largest absolute Gasteiger partial charge is 0.416 e. The molecule has 2 aromatic rings. The van der Waals surface area contributed by atoms with Crippen molar-refractivity contribution in [3.05, 3.63) is 59.3 Å². The van der Waals surface area contributed by atoms with Gasteiger partial charge in [0.2, 0.25) is 0 Å². The standard InChI is InChI=1S/C18H17F3N4/c19-18(20,21)16-6-2-1-4-15(16)13-24-8-10-25(11-9-24)17-14(12-22)5-3-7-23-17/h1-7H,8-11,13H2. The van der Waals surface area contributed by atoms with Crippen LogP contribution in [0.1, 0.15) is 16.7 Å². The third-order valence-electron chi connectivity index (χ3n) is 4.30. The first-order valence-electron chi connectivity index (χ1n) is 7.96. The zero-order valence-electron chi connectivity index (χ0n) is 13.5. The van der Waals surface area contributed by atoms with Crippen LogP contribution in [-0.2, 0) is 12.7 Å². The van der Waals surface area contributed by atoms with Gasteiger partial charge in [-0.15, -0.1) is 0 Å². The predicted octanol–water partition coefficient (Wildman–Crippen LogP) is 3.29. The molecule has 4 nitrogen and oxygen atoms in total. The minimum atomic E-state index is -4.34. The maximum atomic E-state index is 13.1. The Labute approximate surface area is 144 Å². The van der Waals surface area contributed by atoms with E-state index in [0.29, 0.717) is 43.1 Å². The Morgan fingerprint density at radius 3 is 2.44 bits per heavy atom. The van der Waals surface area contributed by atoms with Gasteiger partial charge in [0.15, 0.2) is 0 Å². The van der Waals surface area contributed by atoms with Crippen molar-refractivity contribution in [3.8, 4) is 6.07 Å². The van der Waals surface area contributed by atoms with Crippen LogP contribution in [0.3, 0.4) is 0 Å². The third kappa shape index (κ3) is 3.91. The van der Waals surface area contributed by atoms with Crippen molar-refractivity contribution in [2.75, 3.05) is 31.1 Å². The molecule has 0 amide bonds. The quantitative estimate of drug-likeness (QED) is 0.855. The zero-order valence-corrected chi connectivity index (χ0v) is 13.5. The van der Waals surface area contributed by atoms with Gasteiger partial charge >= 0.3 is 6.18 Å². The molecular weight excluding hydrogens is 329 g/mol. The topological polar surface area (TPSA) is 43.2 Å². The molecule has 2 heterocycles. The van der Waals surface area contributed by atoms with Gasteiger partial charge in [-0.25, -0.2) is 4.98 Å². The summed E-state index contributed by atoms with van der Waals surface area (Å²) in [5.74, 6) is 0.639. The van der Waals surface area contributed by atoms with Crippen molar-refractivity contribution in [1.82, 2.24) is 9.88 Å². The van der Waals surface area contributed by atoms with E-state index in [9.17, 15) is 13.2 Å². The Bertz CT molecular complexity index is 774. The molecule has 1 aromatic heterocycles. The van der Waals surface area contributed by atoms with E-state index in [1.54, 1.807) is 24.4 Å². The van der Waals surface area contributed by atoms with Gasteiger partial charge < -0.3 is 4.90 Å². The minimum absolute atomic E-state index is 0.261. The van der Waals surface area contributed by atoms with E-state index in [1.807, 2.05) is 9.80 Å². The number of rotatable bonds is 3. The van der Waals surface area contributed by atoms with Gasteiger partial charge in [-0.05, 0) is 23.8 Å². The summed E-state index contributed by atoms with van der Waals surface area (Å²) in [5, 5.41) is 9.17. The first-order valence-corrected chi connectivity index (χ1v) is 7.96. The molecular formula is C18H17F3N4. The maximum Gasteiger partial charge on any atom is 0.416 e. The van der Waals surface area contributed by atoms with Crippen LogP contribution in [0.15, 0.2) is 42.6 Å². The lowest BCUT2D eigenvalue weighted by Crippen LogP contribution is -2.46. The summed E-state index contributed by atoms with van der Waals surface area (Å²) >= 11 is 0. The van der Waals surface area contributed by atoms with Crippen LogP contribution in [0.2, 0.25) is 0 Å². The number of anilines is 1. The van der Waals surface area contributed by atoms with E-state index in [0.717, 1.165) is 6.07 Å². The lowest BCUT2D eigenvalue weighted by atomic mass is 10.1. The Kier molecular flexibility index (Phi) is 4.91. The van der Waals surface area contributed by atoms with Gasteiger partial charge in [0.25, 0.3) is 0 Å². The van der Waals surface area contributed by atoms with Gasteiger partial charge in [-0.1, -0.05) is 18.2 Å². The average molecular weight is 346 g/mol. The van der Waals surface area contributed by atoms with Crippen molar-refractivity contribution in [2.45, 2.75) is 12.7 Å². The van der Waals surface area contributed by atoms with Gasteiger partial charge in [-0.2, -0.15) is 18.4 Å². The van der Waals surface area contributed by atoms with Crippen LogP contribution in [-0.4, -0.2) is 36.1 Å². The van der Waals surface area contributed by atoms with Gasteiger partial charge in [-0.3, -0.25) is 4.90 Å². The zero-order chi connectivity index (χ0) is 17.9. The predicted molar refractivity (Wildman–Crippen MR) is 87.9 cm³/mol. The summed E-state index contributed by atoms with van der Waals surface area (Å²) < 4.78 is 39.3. The number of pyridine rings is 1. The lowest BCUT2D eigenvalue weighted by molar-refractivity contribution is -0.138. The molecule has 1 saturated heterocycles. The summed E-state index contributed by atoms with van der Waals surface area (Å²) in [6, 6.07) is 11.3. The molecule has 130 valence electrons. The van der Waals surface area contributed by atoms with Crippen molar-refractivity contribution >= 4 is 5.82 Å². The van der Waals surface area contributed by atoms with E-state index in [-0.39, 0.29) is 6.54 Å². The Balaban J connectivity index is 1.67. The molecule has 0 unspecified atom stereocenters. The highest BCUT2D eigenvalue weighted by Crippen LogP contribution is 2.32. The van der Waals surface area contributed by atoms with Crippen molar-refractivity contribution in [2.24, 2.45) is 0 Å². The highest BCUT2D eigenvalue weighted by molar-refractivity contribution is 5.53. The molecule has 0 bridgehead atoms. The molecule has 0 aliphatic carbocycles. The van der Waals surface area contributed by atoms with Crippen molar-refractivity contribution in [3.63, 3.8) is 0 Å². The summed E-state index contributed by atoms with van der Waals surface area (Å²) in [6.07, 6.45) is -2.70. The van der Waals surface area contributed by atoms with Gasteiger partial charge in [0.05, 0.1) is 11.1 Å². The number of piperazine rings is 1. The third-order valence-corrected chi connectivity index (χ3v) is 4.30. The van der Waals surface area contributed by atoms with Gasteiger partial charge in [0, 0.05) is 38.9 Å². The minimum Gasteiger partial charge on any atom is -0.353 e. The monoisotopic (exact) mass is 346 g/mol. The normalized spacial score (nSPS) is 15.8. The average Bonchev–Trinajstić information content (AvgIpc) is 2.62. The number of benzene rings is 1. The number of hydrogen-bond donors (Lipinski definition) is 0. The molecule has 1 fully saturated rings. The van der Waals surface area contributed by atoms with Crippen molar-refractivity contribution in [1.29, 1.82) is 5.26 Å². The van der Waals surface area contributed by atoms with Gasteiger partial charge in [0.1, 0.15) is 11.9 Å². The second-order valence-electron chi connectivity index (χ2n) is 5.90. The fourth-order valence-corrected chi connectivity index (χ4v) is 3.03. The summed E-state index contributed by atoms with van der Waals surface area (Å²) in [4.78, 5) is 8.27. The number of hydrogen-bond acceptors (Lipinski definition) is 4. The van der Waals surface area contributed by atoms with Crippen LogP contribution in [0.5, 0.6) is 0 Å². The van der Waals surface area contributed by atoms with Crippen LogP contribution in [0, 0.1) is 11.3 Å². The summed E-state index contributed by atoms with van der Waals surface area (Å²) in [7, 11) is 0. The van der Waals surface area contributed by atoms with Crippen LogP contribution in [0.4, 0.5) is 19.0 Å². The molecule has 0 saturated carbocycles. The number of halogens is 3. The van der Waals surface area contributed by atoms with Crippen LogP contribution < -0.4 is 4.90 Å². The number of nitrogens with zero attached hydrogens (tertiary/aromatic N) is 4. The molecule has 7 heteroatoms.